The van der Waals surface area contributed by atoms with Crippen LogP contribution in [0.25, 0.3) is 0 Å². The average Bonchev–Trinajstić information content (AvgIpc) is 2.68. The molecule has 0 saturated carbocycles. The van der Waals surface area contributed by atoms with E-state index >= 15 is 0 Å². The highest BCUT2D eigenvalue weighted by atomic mass is 28.4. The molecule has 2 aromatic carbocycles. The third kappa shape index (κ3) is 7.80. The van der Waals surface area contributed by atoms with Crippen molar-refractivity contribution in [2.45, 2.75) is 70.6 Å². The quantitative estimate of drug-likeness (QED) is 0.468. The number of hydrogen-bond acceptors (Lipinski definition) is 4. The molecule has 0 aliphatic carbocycles. The monoisotopic (exact) mass is 428 g/mol. The van der Waals surface area contributed by atoms with Crippen molar-refractivity contribution in [2.24, 2.45) is 0 Å². The molecule has 0 bridgehead atoms. The molecule has 0 aliphatic heterocycles. The van der Waals surface area contributed by atoms with Gasteiger partial charge < -0.3 is 14.3 Å². The molecule has 0 saturated heterocycles. The predicted molar refractivity (Wildman–Crippen MR) is 124 cm³/mol. The zero-order valence-corrected chi connectivity index (χ0v) is 19.9. The number of benzene rings is 2. The van der Waals surface area contributed by atoms with Crippen LogP contribution < -0.4 is 0 Å². The summed E-state index contributed by atoms with van der Waals surface area (Å²) in [6.45, 7) is 11.5. The third-order valence-electron chi connectivity index (χ3n) is 5.71. The Balaban J connectivity index is 1.93. The standard InChI is InChI=1S/C25H36O4Si/c1-25(2,3)30(4,5)29-24(21-14-10-7-11-15-21)17-22(26)16-23(27)19-28-18-20-12-8-6-9-13-20/h6-15,23-24,27H,16-19H2,1-5H3/t23-,24-/m0/s1. The predicted octanol–water partition coefficient (Wildman–Crippen LogP) is 5.68. The molecule has 2 aromatic rings. The van der Waals surface area contributed by atoms with Gasteiger partial charge >= 0.3 is 0 Å². The first-order valence-corrected chi connectivity index (χ1v) is 13.5. The van der Waals surface area contributed by atoms with E-state index in [9.17, 15) is 9.90 Å². The number of rotatable bonds is 11. The molecular formula is C25H36O4Si. The van der Waals surface area contributed by atoms with Crippen LogP contribution in [0.5, 0.6) is 0 Å². The minimum Gasteiger partial charge on any atom is -0.409 e. The van der Waals surface area contributed by atoms with Crippen LogP contribution in [0.3, 0.4) is 0 Å². The second-order valence-electron chi connectivity index (χ2n) is 9.38. The highest BCUT2D eigenvalue weighted by Gasteiger charge is 2.39. The van der Waals surface area contributed by atoms with E-state index in [1.807, 2.05) is 60.7 Å². The van der Waals surface area contributed by atoms with Gasteiger partial charge in [-0.3, -0.25) is 4.79 Å². The summed E-state index contributed by atoms with van der Waals surface area (Å²) in [5, 5.41) is 10.3. The zero-order valence-electron chi connectivity index (χ0n) is 18.9. The van der Waals surface area contributed by atoms with Gasteiger partial charge in [0.05, 0.1) is 25.4 Å². The number of carbonyl (C=O) groups is 1. The Morgan fingerprint density at radius 2 is 1.53 bits per heavy atom. The SMILES string of the molecule is CC(C)(C)[Si](C)(C)O[C@@H](CC(=O)C[C@H](O)COCc1ccccc1)c1ccccc1. The fourth-order valence-electron chi connectivity index (χ4n) is 2.93. The molecule has 0 aliphatic rings. The Hall–Kier alpha value is -1.79. The maximum Gasteiger partial charge on any atom is 0.192 e. The largest absolute Gasteiger partial charge is 0.409 e. The van der Waals surface area contributed by atoms with Crippen molar-refractivity contribution in [3.8, 4) is 0 Å². The summed E-state index contributed by atoms with van der Waals surface area (Å²) in [4.78, 5) is 12.7. The van der Waals surface area contributed by atoms with E-state index in [2.05, 4.69) is 33.9 Å². The van der Waals surface area contributed by atoms with Crippen molar-refractivity contribution in [1.82, 2.24) is 0 Å². The van der Waals surface area contributed by atoms with Gasteiger partial charge in [-0.15, -0.1) is 0 Å². The maximum absolute atomic E-state index is 12.7. The number of Topliss-reactive ketones (excluding diaryl/α,β-unsaturated/α-hetero) is 1. The molecule has 1 N–H and O–H groups in total. The van der Waals surface area contributed by atoms with Crippen molar-refractivity contribution in [2.75, 3.05) is 6.61 Å². The second kappa shape index (κ2) is 11.0. The lowest BCUT2D eigenvalue weighted by molar-refractivity contribution is -0.123. The van der Waals surface area contributed by atoms with E-state index in [0.717, 1.165) is 11.1 Å². The molecule has 164 valence electrons. The zero-order chi connectivity index (χ0) is 22.2. The van der Waals surface area contributed by atoms with Gasteiger partial charge in [0.15, 0.2) is 8.32 Å². The van der Waals surface area contributed by atoms with Crippen molar-refractivity contribution in [3.63, 3.8) is 0 Å². The third-order valence-corrected chi connectivity index (χ3v) is 10.2. The molecule has 0 fully saturated rings. The molecule has 0 unspecified atom stereocenters. The van der Waals surface area contributed by atoms with Crippen LogP contribution in [0.4, 0.5) is 0 Å². The van der Waals surface area contributed by atoms with E-state index in [4.69, 9.17) is 9.16 Å². The van der Waals surface area contributed by atoms with Gasteiger partial charge in [-0.1, -0.05) is 81.4 Å². The van der Waals surface area contributed by atoms with Crippen LogP contribution in [0, 0.1) is 0 Å². The summed E-state index contributed by atoms with van der Waals surface area (Å²) < 4.78 is 12.2. The molecule has 0 spiro atoms. The lowest BCUT2D eigenvalue weighted by Crippen LogP contribution is -2.42. The average molecular weight is 429 g/mol. The van der Waals surface area contributed by atoms with E-state index in [0.29, 0.717) is 6.61 Å². The molecule has 0 amide bonds. The van der Waals surface area contributed by atoms with Crippen LogP contribution in [-0.2, 0) is 20.6 Å². The topological polar surface area (TPSA) is 55.8 Å². The normalized spacial score (nSPS) is 14.3. The Labute approximate surface area is 182 Å². The molecule has 0 aromatic heterocycles. The maximum atomic E-state index is 12.7. The number of aliphatic hydroxyl groups excluding tert-OH is 1. The highest BCUT2D eigenvalue weighted by molar-refractivity contribution is 6.74. The number of hydrogen-bond donors (Lipinski definition) is 1. The van der Waals surface area contributed by atoms with Gasteiger partial charge in [0.25, 0.3) is 0 Å². The van der Waals surface area contributed by atoms with Crippen molar-refractivity contribution in [1.29, 1.82) is 0 Å². The van der Waals surface area contributed by atoms with Gasteiger partial charge in [0.2, 0.25) is 0 Å². The van der Waals surface area contributed by atoms with Crippen LogP contribution in [0.15, 0.2) is 60.7 Å². The van der Waals surface area contributed by atoms with Gasteiger partial charge in [0.1, 0.15) is 5.78 Å². The minimum atomic E-state index is -2.06. The van der Waals surface area contributed by atoms with Gasteiger partial charge in [-0.25, -0.2) is 0 Å². The highest BCUT2D eigenvalue weighted by Crippen LogP contribution is 2.40. The Morgan fingerprint density at radius 3 is 2.10 bits per heavy atom. The van der Waals surface area contributed by atoms with E-state index in [1.54, 1.807) is 0 Å². The fraction of sp³-hybridized carbons (Fsp3) is 0.480. The van der Waals surface area contributed by atoms with Crippen LogP contribution >= 0.6 is 0 Å². The summed E-state index contributed by atoms with van der Waals surface area (Å²) in [5.41, 5.74) is 2.05. The van der Waals surface area contributed by atoms with Crippen LogP contribution in [0.2, 0.25) is 18.1 Å². The molecule has 2 atom stereocenters. The smallest absolute Gasteiger partial charge is 0.192 e. The number of carbonyl (C=O) groups excluding carboxylic acids is 1. The molecule has 5 heteroatoms. The number of aliphatic hydroxyl groups is 1. The summed E-state index contributed by atoms with van der Waals surface area (Å²) in [7, 11) is -2.06. The molecular weight excluding hydrogens is 392 g/mol. The lowest BCUT2D eigenvalue weighted by Gasteiger charge is -2.39. The summed E-state index contributed by atoms with van der Waals surface area (Å²) in [6, 6.07) is 19.7. The minimum absolute atomic E-state index is 0.0154. The van der Waals surface area contributed by atoms with Crippen molar-refractivity contribution in [3.05, 3.63) is 71.8 Å². The second-order valence-corrected chi connectivity index (χ2v) is 14.1. The first-order chi connectivity index (χ1) is 14.1. The van der Waals surface area contributed by atoms with E-state index in [-0.39, 0.29) is 36.4 Å². The Bertz CT molecular complexity index is 769. The molecule has 30 heavy (non-hydrogen) atoms. The summed E-state index contributed by atoms with van der Waals surface area (Å²) in [5.74, 6) is -0.0154. The summed E-state index contributed by atoms with van der Waals surface area (Å²) >= 11 is 0. The van der Waals surface area contributed by atoms with Crippen molar-refractivity contribution < 1.29 is 19.1 Å². The summed E-state index contributed by atoms with van der Waals surface area (Å²) in [6.07, 6.45) is -0.784. The lowest BCUT2D eigenvalue weighted by atomic mass is 10.0. The van der Waals surface area contributed by atoms with Crippen molar-refractivity contribution >= 4 is 14.1 Å². The van der Waals surface area contributed by atoms with E-state index < -0.39 is 14.4 Å². The van der Waals surface area contributed by atoms with Gasteiger partial charge in [-0.2, -0.15) is 0 Å². The van der Waals surface area contributed by atoms with Gasteiger partial charge in [-0.05, 0) is 29.3 Å². The Kier molecular flexibility index (Phi) is 8.98. The molecule has 2 rings (SSSR count). The van der Waals surface area contributed by atoms with Crippen LogP contribution in [-0.4, -0.2) is 31.9 Å². The first kappa shape index (κ1) is 24.5. The van der Waals surface area contributed by atoms with Gasteiger partial charge in [0, 0.05) is 12.8 Å². The fourth-order valence-corrected chi connectivity index (χ4v) is 4.21. The first-order valence-electron chi connectivity index (χ1n) is 10.6. The van der Waals surface area contributed by atoms with E-state index in [1.165, 1.54) is 0 Å². The molecule has 0 radical (unpaired) electrons. The molecule has 0 heterocycles. The Morgan fingerprint density at radius 1 is 0.967 bits per heavy atom. The molecule has 4 nitrogen and oxygen atoms in total. The number of ether oxygens (including phenoxy) is 1. The number of ketones is 1. The van der Waals surface area contributed by atoms with Crippen LogP contribution in [0.1, 0.15) is 50.8 Å².